The van der Waals surface area contributed by atoms with Crippen LogP contribution in [0.4, 0.5) is 10.1 Å². The molecule has 0 aliphatic rings. The number of carboxylic acid groups (broad SMARTS) is 1. The number of nitrogens with one attached hydrogen (secondary N) is 3. The second kappa shape index (κ2) is 11.9. The molecule has 2 aromatic heterocycles. The topological polar surface area (TPSA) is 198 Å². The van der Waals surface area contributed by atoms with E-state index in [2.05, 4.69) is 15.4 Å². The summed E-state index contributed by atoms with van der Waals surface area (Å²) in [5.41, 5.74) is 5.64. The van der Waals surface area contributed by atoms with Gasteiger partial charge in [0, 0.05) is 16.8 Å². The molecule has 0 bridgehead atoms. The van der Waals surface area contributed by atoms with Crippen LogP contribution in [-0.4, -0.2) is 64.2 Å². The quantitative estimate of drug-likeness (QED) is 0.108. The molecule has 0 saturated heterocycles. The summed E-state index contributed by atoms with van der Waals surface area (Å²) in [5, 5.41) is 35.3. The molecule has 2 aromatic carbocycles. The van der Waals surface area contributed by atoms with E-state index in [4.69, 9.17) is 25.4 Å². The second-order valence-corrected chi connectivity index (χ2v) is 9.07. The van der Waals surface area contributed by atoms with Crippen molar-refractivity contribution >= 4 is 28.8 Å². The van der Waals surface area contributed by atoms with Crippen molar-refractivity contribution in [2.45, 2.75) is 6.04 Å². The Morgan fingerprint density at radius 3 is 2.58 bits per heavy atom. The number of halogens is 1. The Morgan fingerprint density at radius 2 is 1.98 bits per heavy atom. The zero-order chi connectivity index (χ0) is 29.0. The summed E-state index contributed by atoms with van der Waals surface area (Å²) in [6.45, 7) is -0.643. The summed E-state index contributed by atoms with van der Waals surface area (Å²) < 4.78 is 33.1. The number of benzene rings is 2. The molecular formula is C25H25FN6O7S. The van der Waals surface area contributed by atoms with E-state index in [9.17, 15) is 19.8 Å². The number of carboxylic acids is 1. The van der Waals surface area contributed by atoms with Crippen LogP contribution in [0.15, 0.2) is 46.6 Å². The summed E-state index contributed by atoms with van der Waals surface area (Å²) in [4.78, 5) is 27.1. The van der Waals surface area contributed by atoms with Crippen molar-refractivity contribution < 1.29 is 33.6 Å². The molecule has 0 saturated carbocycles. The first-order chi connectivity index (χ1) is 19.2. The number of rotatable bonds is 12. The van der Waals surface area contributed by atoms with Gasteiger partial charge in [0.15, 0.2) is 17.4 Å². The van der Waals surface area contributed by atoms with Crippen LogP contribution in [0.5, 0.6) is 17.2 Å². The Balaban J connectivity index is 1.91. The average molecular weight is 573 g/mol. The van der Waals surface area contributed by atoms with Crippen molar-refractivity contribution in [3.63, 3.8) is 0 Å². The Labute approximate surface area is 230 Å². The summed E-state index contributed by atoms with van der Waals surface area (Å²) in [7, 11) is 2.65. The highest BCUT2D eigenvalue weighted by atomic mass is 32.1. The lowest BCUT2D eigenvalue weighted by molar-refractivity contribution is 0.0702. The molecule has 0 radical (unpaired) electrons. The number of carbonyl (C=O) groups is 1. The molecule has 210 valence electrons. The lowest BCUT2D eigenvalue weighted by atomic mass is 10.0. The maximum absolute atomic E-state index is 16.1. The molecule has 40 heavy (non-hydrogen) atoms. The highest BCUT2D eigenvalue weighted by molar-refractivity contribution is 7.12. The van der Waals surface area contributed by atoms with Gasteiger partial charge in [-0.2, -0.15) is 4.68 Å². The number of amidine groups is 1. The fraction of sp³-hybridized carbons (Fsp3) is 0.200. The van der Waals surface area contributed by atoms with Crippen LogP contribution in [0.25, 0.3) is 5.69 Å². The number of nitrogens with two attached hydrogens (primary N) is 1. The molecule has 0 fully saturated rings. The monoisotopic (exact) mass is 572 g/mol. The highest BCUT2D eigenvalue weighted by Gasteiger charge is 2.30. The van der Waals surface area contributed by atoms with Gasteiger partial charge < -0.3 is 35.5 Å². The smallest absolute Gasteiger partial charge is 0.348 e. The number of hydrogen-bond donors (Lipinski definition) is 6. The average Bonchev–Trinajstić information content (AvgIpc) is 3.58. The van der Waals surface area contributed by atoms with Gasteiger partial charge in [0.25, 0.3) is 0 Å². The van der Waals surface area contributed by atoms with Crippen LogP contribution < -0.4 is 31.0 Å². The van der Waals surface area contributed by atoms with Gasteiger partial charge >= 0.3 is 11.7 Å². The first-order valence-corrected chi connectivity index (χ1v) is 12.5. The van der Waals surface area contributed by atoms with E-state index in [0.717, 1.165) is 16.0 Å². The van der Waals surface area contributed by atoms with Gasteiger partial charge in [-0.05, 0) is 41.8 Å². The number of nitrogen functional groups attached to an aromatic ring is 1. The van der Waals surface area contributed by atoms with Gasteiger partial charge in [0.2, 0.25) is 11.5 Å². The summed E-state index contributed by atoms with van der Waals surface area (Å²) in [6.07, 6.45) is 0. The molecule has 1 unspecified atom stereocenters. The van der Waals surface area contributed by atoms with Gasteiger partial charge in [-0.1, -0.05) is 0 Å². The first kappa shape index (κ1) is 28.1. The van der Waals surface area contributed by atoms with Gasteiger partial charge in [-0.3, -0.25) is 10.4 Å². The number of aliphatic hydroxyl groups is 1. The third-order valence-electron chi connectivity index (χ3n) is 5.72. The molecule has 4 rings (SSSR count). The summed E-state index contributed by atoms with van der Waals surface area (Å²) in [5.74, 6) is -2.63. The van der Waals surface area contributed by atoms with Crippen molar-refractivity contribution in [1.82, 2.24) is 14.8 Å². The van der Waals surface area contributed by atoms with E-state index < -0.39 is 30.1 Å². The number of aromatic carboxylic acids is 1. The maximum atomic E-state index is 16.1. The molecule has 1 atom stereocenters. The number of H-pyrrole nitrogens is 1. The van der Waals surface area contributed by atoms with Crippen LogP contribution >= 0.6 is 11.3 Å². The Hall–Kier alpha value is -4.89. The molecule has 15 heteroatoms. The molecule has 0 aliphatic heterocycles. The number of thiophene rings is 1. The predicted octanol–water partition coefficient (Wildman–Crippen LogP) is 2.33. The largest absolute Gasteiger partial charge is 0.493 e. The Kier molecular flexibility index (Phi) is 8.35. The minimum atomic E-state index is -1.24. The zero-order valence-corrected chi connectivity index (χ0v) is 22.0. The van der Waals surface area contributed by atoms with E-state index in [1.54, 1.807) is 24.3 Å². The van der Waals surface area contributed by atoms with Crippen molar-refractivity contribution in [3.05, 3.63) is 79.9 Å². The normalized spacial score (nSPS) is 11.6. The number of anilines is 1. The van der Waals surface area contributed by atoms with E-state index in [1.165, 1.54) is 31.7 Å². The Morgan fingerprint density at radius 1 is 1.25 bits per heavy atom. The standard InChI is InChI=1S/C25H25FN6O7S/c1-37-16-11-14(17(26)20(19(16)38-2)39-9-8-33)18(29-13-5-3-12(4-6-13)22(27)28)23-30-25(36)32(31-23)15-7-10-40-21(15)24(34)35/h3-7,10-11,18,29,33H,8-9H2,1-2H3,(H3,27,28)(H,34,35)(H,30,31,36). The first-order valence-electron chi connectivity index (χ1n) is 11.6. The van der Waals surface area contributed by atoms with Gasteiger partial charge in [0.05, 0.1) is 26.5 Å². The molecular weight excluding hydrogens is 547 g/mol. The molecule has 0 amide bonds. The third-order valence-corrected chi connectivity index (χ3v) is 6.62. The van der Waals surface area contributed by atoms with Gasteiger partial charge in [0.1, 0.15) is 23.4 Å². The lowest BCUT2D eigenvalue weighted by Crippen LogP contribution is -2.18. The van der Waals surface area contributed by atoms with E-state index >= 15 is 4.39 Å². The number of aliphatic hydroxyl groups excluding tert-OH is 1. The molecule has 0 aliphatic carbocycles. The molecule has 13 nitrogen and oxygen atoms in total. The van der Waals surface area contributed by atoms with Crippen molar-refractivity contribution in [2.75, 3.05) is 32.8 Å². The van der Waals surface area contributed by atoms with Crippen LogP contribution in [0, 0.1) is 11.2 Å². The van der Waals surface area contributed by atoms with Gasteiger partial charge in [-0.15, -0.1) is 16.4 Å². The Bertz CT molecular complexity index is 1600. The maximum Gasteiger partial charge on any atom is 0.348 e. The highest BCUT2D eigenvalue weighted by Crippen LogP contribution is 2.44. The summed E-state index contributed by atoms with van der Waals surface area (Å²) in [6, 6.07) is 7.94. The fourth-order valence-corrected chi connectivity index (χ4v) is 4.62. The van der Waals surface area contributed by atoms with Crippen molar-refractivity contribution in [2.24, 2.45) is 5.73 Å². The van der Waals surface area contributed by atoms with E-state index in [-0.39, 0.29) is 51.6 Å². The minimum absolute atomic E-state index is 0.0364. The van der Waals surface area contributed by atoms with Crippen LogP contribution in [-0.2, 0) is 0 Å². The molecule has 7 N–H and O–H groups in total. The van der Waals surface area contributed by atoms with Crippen LogP contribution in [0.1, 0.15) is 32.7 Å². The molecule has 0 spiro atoms. The number of aromatic amines is 1. The van der Waals surface area contributed by atoms with E-state index in [0.29, 0.717) is 11.3 Å². The molecule has 4 aromatic rings. The third kappa shape index (κ3) is 5.45. The second-order valence-electron chi connectivity index (χ2n) is 8.15. The number of hydrogen-bond acceptors (Lipinski definition) is 10. The predicted molar refractivity (Wildman–Crippen MR) is 144 cm³/mol. The summed E-state index contributed by atoms with van der Waals surface area (Å²) >= 11 is 0.919. The van der Waals surface area contributed by atoms with E-state index in [1.807, 2.05) is 0 Å². The van der Waals surface area contributed by atoms with Crippen LogP contribution in [0.3, 0.4) is 0 Å². The fourth-order valence-electron chi connectivity index (χ4n) is 3.91. The lowest BCUT2D eigenvalue weighted by Gasteiger charge is -2.22. The van der Waals surface area contributed by atoms with Crippen LogP contribution in [0.2, 0.25) is 0 Å². The van der Waals surface area contributed by atoms with Crippen molar-refractivity contribution in [3.8, 4) is 22.9 Å². The van der Waals surface area contributed by atoms with Crippen molar-refractivity contribution in [1.29, 1.82) is 5.41 Å². The number of nitrogens with zero attached hydrogens (tertiary/aromatic N) is 2. The SMILES string of the molecule is COc1cc(C(Nc2ccc(C(=N)N)cc2)c2nn(-c3ccsc3C(=O)O)c(=O)[nH]2)c(F)c(OCCO)c1OC. The number of methoxy groups -OCH3 is 2. The molecule has 2 heterocycles. The number of aromatic nitrogens is 3. The van der Waals surface area contributed by atoms with Gasteiger partial charge in [-0.25, -0.2) is 14.0 Å². The zero-order valence-electron chi connectivity index (χ0n) is 21.2. The minimum Gasteiger partial charge on any atom is -0.493 e. The number of ether oxygens (including phenoxy) is 3.